The van der Waals surface area contributed by atoms with Crippen molar-refractivity contribution in [2.45, 2.75) is 6.92 Å². The minimum Gasteiger partial charge on any atom is -0.494 e. The summed E-state index contributed by atoms with van der Waals surface area (Å²) in [7, 11) is 3.57. The number of imidazole rings is 1. The quantitative estimate of drug-likeness (QED) is 0.569. The number of aromatic nitrogens is 5. The van der Waals surface area contributed by atoms with Crippen molar-refractivity contribution in [1.29, 1.82) is 0 Å². The average molecular weight is 305 g/mol. The molecule has 0 atom stereocenters. The number of aryl methyl sites for hydroxylation is 2. The Morgan fingerprint density at radius 3 is 2.74 bits per heavy atom. The monoisotopic (exact) mass is 305 g/mol. The smallest absolute Gasteiger partial charge is 0.163 e. The second-order valence-corrected chi connectivity index (χ2v) is 5.42. The fourth-order valence-electron chi connectivity index (χ4n) is 2.70. The van der Waals surface area contributed by atoms with Crippen LogP contribution in [0.15, 0.2) is 36.8 Å². The molecule has 0 amide bonds. The van der Waals surface area contributed by atoms with Gasteiger partial charge >= 0.3 is 0 Å². The Labute approximate surface area is 132 Å². The first kappa shape index (κ1) is 13.6. The molecule has 0 saturated heterocycles. The van der Waals surface area contributed by atoms with Gasteiger partial charge in [-0.05, 0) is 25.1 Å². The van der Waals surface area contributed by atoms with Crippen LogP contribution in [-0.2, 0) is 7.05 Å². The Bertz CT molecular complexity index is 1040. The van der Waals surface area contributed by atoms with Crippen molar-refractivity contribution in [3.63, 3.8) is 0 Å². The van der Waals surface area contributed by atoms with E-state index in [1.807, 2.05) is 42.8 Å². The highest BCUT2D eigenvalue weighted by Crippen LogP contribution is 2.32. The van der Waals surface area contributed by atoms with Crippen LogP contribution in [0.3, 0.4) is 0 Å². The van der Waals surface area contributed by atoms with E-state index in [4.69, 9.17) is 4.74 Å². The van der Waals surface area contributed by atoms with E-state index in [2.05, 4.69) is 19.9 Å². The Morgan fingerprint density at radius 1 is 1.04 bits per heavy atom. The zero-order valence-electron chi connectivity index (χ0n) is 13.1. The maximum atomic E-state index is 5.43. The Morgan fingerprint density at radius 2 is 1.91 bits per heavy atom. The van der Waals surface area contributed by atoms with Gasteiger partial charge in [-0.2, -0.15) is 0 Å². The Kier molecular flexibility index (Phi) is 2.97. The van der Waals surface area contributed by atoms with E-state index >= 15 is 0 Å². The molecule has 6 heteroatoms. The standard InChI is InChI=1S/C17H15N5O/c1-10-4-5-11-12(6-7-14(23-3)15(11)20-10)16-18-8-13-17(21-16)22(2)9-19-13/h4-9H,1-3H3. The molecule has 0 bridgehead atoms. The molecule has 6 nitrogen and oxygen atoms in total. The molecule has 0 radical (unpaired) electrons. The van der Waals surface area contributed by atoms with Gasteiger partial charge < -0.3 is 9.30 Å². The van der Waals surface area contributed by atoms with Crippen LogP contribution in [0.5, 0.6) is 5.75 Å². The number of methoxy groups -OCH3 is 1. The van der Waals surface area contributed by atoms with Gasteiger partial charge in [-0.15, -0.1) is 0 Å². The Hall–Kier alpha value is -3.02. The van der Waals surface area contributed by atoms with E-state index in [1.54, 1.807) is 19.6 Å². The van der Waals surface area contributed by atoms with Crippen LogP contribution in [0.2, 0.25) is 0 Å². The third-order valence-corrected chi connectivity index (χ3v) is 3.87. The second-order valence-electron chi connectivity index (χ2n) is 5.42. The van der Waals surface area contributed by atoms with Crippen LogP contribution in [-0.4, -0.2) is 31.6 Å². The molecule has 0 spiro atoms. The van der Waals surface area contributed by atoms with Crippen molar-refractivity contribution >= 4 is 22.1 Å². The molecule has 4 aromatic rings. The summed E-state index contributed by atoms with van der Waals surface area (Å²) in [5, 5.41) is 0.969. The minimum atomic E-state index is 0.652. The molecule has 0 aliphatic heterocycles. The van der Waals surface area contributed by atoms with E-state index < -0.39 is 0 Å². The van der Waals surface area contributed by atoms with Gasteiger partial charge in [-0.3, -0.25) is 0 Å². The largest absolute Gasteiger partial charge is 0.494 e. The van der Waals surface area contributed by atoms with Crippen LogP contribution >= 0.6 is 0 Å². The van der Waals surface area contributed by atoms with Crippen LogP contribution in [0, 0.1) is 6.92 Å². The van der Waals surface area contributed by atoms with E-state index in [1.165, 1.54) is 0 Å². The highest BCUT2D eigenvalue weighted by Gasteiger charge is 2.13. The first-order chi connectivity index (χ1) is 11.2. The second kappa shape index (κ2) is 5.01. The zero-order valence-corrected chi connectivity index (χ0v) is 13.1. The third kappa shape index (κ3) is 2.11. The van der Waals surface area contributed by atoms with Gasteiger partial charge in [0.25, 0.3) is 0 Å². The number of nitrogens with zero attached hydrogens (tertiary/aromatic N) is 5. The lowest BCUT2D eigenvalue weighted by Crippen LogP contribution is -1.96. The summed E-state index contributed by atoms with van der Waals surface area (Å²) < 4.78 is 7.32. The first-order valence-electron chi connectivity index (χ1n) is 7.26. The summed E-state index contributed by atoms with van der Waals surface area (Å²) >= 11 is 0. The first-order valence-corrected chi connectivity index (χ1v) is 7.26. The van der Waals surface area contributed by atoms with E-state index in [0.29, 0.717) is 5.82 Å². The molecule has 0 unspecified atom stereocenters. The van der Waals surface area contributed by atoms with Gasteiger partial charge in [0.1, 0.15) is 16.8 Å². The van der Waals surface area contributed by atoms with Crippen molar-refractivity contribution < 1.29 is 4.74 Å². The van der Waals surface area contributed by atoms with Crippen molar-refractivity contribution in [3.05, 3.63) is 42.5 Å². The summed E-state index contributed by atoms with van der Waals surface area (Å²) in [5.41, 5.74) is 4.27. The fourth-order valence-corrected chi connectivity index (χ4v) is 2.70. The molecule has 3 aromatic heterocycles. The van der Waals surface area contributed by atoms with Gasteiger partial charge in [0.05, 0.1) is 19.6 Å². The molecule has 0 N–H and O–H groups in total. The molecule has 1 aromatic carbocycles. The fraction of sp³-hybridized carbons (Fsp3) is 0.176. The van der Waals surface area contributed by atoms with Crippen LogP contribution < -0.4 is 4.74 Å². The maximum Gasteiger partial charge on any atom is 0.163 e. The minimum absolute atomic E-state index is 0.652. The molecule has 3 heterocycles. The van der Waals surface area contributed by atoms with Crippen molar-refractivity contribution in [3.8, 4) is 17.1 Å². The van der Waals surface area contributed by atoms with Gasteiger partial charge in [-0.1, -0.05) is 6.07 Å². The van der Waals surface area contributed by atoms with Crippen LogP contribution in [0.4, 0.5) is 0 Å². The molecular weight excluding hydrogens is 290 g/mol. The molecule has 0 fully saturated rings. The average Bonchev–Trinajstić information content (AvgIpc) is 2.94. The lowest BCUT2D eigenvalue weighted by atomic mass is 10.1. The predicted octanol–water partition coefficient (Wildman–Crippen LogP) is 2.90. The van der Waals surface area contributed by atoms with Crippen molar-refractivity contribution in [1.82, 2.24) is 24.5 Å². The van der Waals surface area contributed by atoms with Crippen molar-refractivity contribution in [2.24, 2.45) is 7.05 Å². The number of ether oxygens (including phenoxy) is 1. The summed E-state index contributed by atoms with van der Waals surface area (Å²) in [4.78, 5) is 18.0. The van der Waals surface area contributed by atoms with Crippen LogP contribution in [0.25, 0.3) is 33.5 Å². The molecule has 4 rings (SSSR count). The van der Waals surface area contributed by atoms with E-state index in [-0.39, 0.29) is 0 Å². The highest BCUT2D eigenvalue weighted by molar-refractivity contribution is 5.97. The topological polar surface area (TPSA) is 65.7 Å². The predicted molar refractivity (Wildman–Crippen MR) is 88.3 cm³/mol. The molecule has 23 heavy (non-hydrogen) atoms. The molecule has 114 valence electrons. The highest BCUT2D eigenvalue weighted by atomic mass is 16.5. The molecule has 0 aliphatic rings. The normalized spacial score (nSPS) is 11.3. The summed E-state index contributed by atoms with van der Waals surface area (Å²) in [6, 6.07) is 7.89. The Balaban J connectivity index is 2.02. The lowest BCUT2D eigenvalue weighted by Gasteiger charge is -2.10. The summed E-state index contributed by atoms with van der Waals surface area (Å²) in [6.07, 6.45) is 3.48. The van der Waals surface area contributed by atoms with Gasteiger partial charge in [0.15, 0.2) is 11.5 Å². The van der Waals surface area contributed by atoms with E-state index in [9.17, 15) is 0 Å². The molecule has 0 aliphatic carbocycles. The van der Waals surface area contributed by atoms with Gasteiger partial charge in [0, 0.05) is 23.7 Å². The SMILES string of the molecule is COc1ccc(-c2ncc3ncn(C)c3n2)c2ccc(C)nc12. The van der Waals surface area contributed by atoms with E-state index in [0.717, 1.165) is 39.1 Å². The number of hydrogen-bond donors (Lipinski definition) is 0. The molecular formula is C17H15N5O. The number of benzene rings is 1. The summed E-state index contributed by atoms with van der Waals surface area (Å²) in [6.45, 7) is 1.96. The van der Waals surface area contributed by atoms with Crippen molar-refractivity contribution in [2.75, 3.05) is 7.11 Å². The molecule has 0 saturated carbocycles. The number of fused-ring (bicyclic) bond motifs is 2. The van der Waals surface area contributed by atoms with Gasteiger partial charge in [0.2, 0.25) is 0 Å². The maximum absolute atomic E-state index is 5.43. The van der Waals surface area contributed by atoms with Crippen LogP contribution in [0.1, 0.15) is 5.69 Å². The van der Waals surface area contributed by atoms with Gasteiger partial charge in [-0.25, -0.2) is 19.9 Å². The summed E-state index contributed by atoms with van der Waals surface area (Å²) in [5.74, 6) is 1.40. The zero-order chi connectivity index (χ0) is 16.0. The number of pyridine rings is 1. The lowest BCUT2D eigenvalue weighted by molar-refractivity contribution is 0.419. The number of hydrogen-bond acceptors (Lipinski definition) is 5. The third-order valence-electron chi connectivity index (χ3n) is 3.87. The number of rotatable bonds is 2.